The molecule has 0 radical (unpaired) electrons. The molecule has 0 aliphatic rings. The predicted molar refractivity (Wildman–Crippen MR) is 99.0 cm³/mol. The molecule has 0 N–H and O–H groups in total. The second-order valence-electron chi connectivity index (χ2n) is 5.78. The molecule has 0 saturated carbocycles. The molecule has 126 valence electrons. The van der Waals surface area contributed by atoms with Crippen molar-refractivity contribution >= 4 is 22.5 Å². The maximum absolute atomic E-state index is 12.3. The number of fused-ring (bicyclic) bond motifs is 1. The van der Waals surface area contributed by atoms with Crippen molar-refractivity contribution in [3.8, 4) is 17.5 Å². The minimum atomic E-state index is -0.265. The normalized spacial score (nSPS) is 10.8. The van der Waals surface area contributed by atoms with Crippen molar-refractivity contribution in [3.05, 3.63) is 87.5 Å². The van der Waals surface area contributed by atoms with Gasteiger partial charge in [-0.3, -0.25) is 4.79 Å². The summed E-state index contributed by atoms with van der Waals surface area (Å²) in [7, 11) is 0. The van der Waals surface area contributed by atoms with Crippen LogP contribution in [0.5, 0.6) is 0 Å². The van der Waals surface area contributed by atoms with Gasteiger partial charge in [-0.25, -0.2) is 4.98 Å². The third-order valence-corrected chi connectivity index (χ3v) is 4.30. The number of para-hydroxylation sites is 1. The van der Waals surface area contributed by atoms with Gasteiger partial charge in [0.05, 0.1) is 17.8 Å². The van der Waals surface area contributed by atoms with Crippen LogP contribution in [0.1, 0.15) is 11.3 Å². The molecule has 0 amide bonds. The summed E-state index contributed by atoms with van der Waals surface area (Å²) in [4.78, 5) is 16.8. The molecule has 6 heteroatoms. The quantitative estimate of drug-likeness (QED) is 0.547. The molecular weight excluding hydrogens is 350 g/mol. The molecule has 2 aromatic heterocycles. The number of benzene rings is 2. The van der Waals surface area contributed by atoms with E-state index in [1.807, 2.05) is 34.9 Å². The zero-order valence-corrected chi connectivity index (χ0v) is 14.3. The minimum absolute atomic E-state index is 0.0993. The summed E-state index contributed by atoms with van der Waals surface area (Å²) >= 11 is 6.01. The lowest BCUT2D eigenvalue weighted by molar-refractivity contribution is 0.571. The second-order valence-corrected chi connectivity index (χ2v) is 6.22. The first-order chi connectivity index (χ1) is 12.7. The molecule has 2 heterocycles. The van der Waals surface area contributed by atoms with E-state index in [1.165, 1.54) is 0 Å². The van der Waals surface area contributed by atoms with Gasteiger partial charge >= 0.3 is 0 Å². The van der Waals surface area contributed by atoms with Crippen molar-refractivity contribution in [2.24, 2.45) is 0 Å². The summed E-state index contributed by atoms with van der Waals surface area (Å²) in [5.74, 6) is 0.466. The Bertz CT molecular complexity index is 1220. The largest absolute Gasteiger partial charge is 0.444 e. The fourth-order valence-corrected chi connectivity index (χ4v) is 3.05. The first kappa shape index (κ1) is 16.1. The van der Waals surface area contributed by atoms with Crippen LogP contribution in [0.15, 0.2) is 70.2 Å². The van der Waals surface area contributed by atoms with Crippen molar-refractivity contribution in [3.63, 3.8) is 0 Å². The Hall–Kier alpha value is -3.36. The molecule has 0 bridgehead atoms. The number of oxazole rings is 1. The molecular formula is C20H12ClN3O2. The van der Waals surface area contributed by atoms with E-state index in [9.17, 15) is 10.1 Å². The second kappa shape index (κ2) is 6.51. The zero-order chi connectivity index (χ0) is 18.1. The zero-order valence-electron chi connectivity index (χ0n) is 13.5. The van der Waals surface area contributed by atoms with Crippen molar-refractivity contribution in [2.75, 3.05) is 0 Å². The van der Waals surface area contributed by atoms with Gasteiger partial charge in [0.2, 0.25) is 11.3 Å². The van der Waals surface area contributed by atoms with Gasteiger partial charge in [-0.05, 0) is 30.3 Å². The number of halogens is 1. The van der Waals surface area contributed by atoms with Crippen LogP contribution in [0.25, 0.3) is 22.4 Å². The third-order valence-electron chi connectivity index (χ3n) is 4.06. The van der Waals surface area contributed by atoms with Crippen LogP contribution in [0.2, 0.25) is 5.02 Å². The van der Waals surface area contributed by atoms with E-state index in [4.69, 9.17) is 16.0 Å². The van der Waals surface area contributed by atoms with Crippen LogP contribution in [0.3, 0.4) is 0 Å². The Labute approximate surface area is 153 Å². The number of hydrogen-bond donors (Lipinski definition) is 0. The number of rotatable bonds is 3. The molecule has 0 aliphatic heterocycles. The van der Waals surface area contributed by atoms with Crippen LogP contribution in [-0.4, -0.2) is 9.55 Å². The molecule has 2 aromatic carbocycles. The molecule has 0 fully saturated rings. The van der Waals surface area contributed by atoms with Crippen molar-refractivity contribution < 1.29 is 4.42 Å². The molecule has 4 rings (SSSR count). The van der Waals surface area contributed by atoms with Crippen LogP contribution >= 0.6 is 11.6 Å². The van der Waals surface area contributed by atoms with E-state index in [0.29, 0.717) is 28.5 Å². The Morgan fingerprint density at radius 3 is 2.85 bits per heavy atom. The smallest absolute Gasteiger partial charge is 0.226 e. The lowest BCUT2D eigenvalue weighted by Crippen LogP contribution is -2.13. The first-order valence-corrected chi connectivity index (χ1v) is 8.26. The summed E-state index contributed by atoms with van der Waals surface area (Å²) in [6.45, 7) is 0.375. The molecule has 26 heavy (non-hydrogen) atoms. The maximum atomic E-state index is 12.3. The maximum Gasteiger partial charge on any atom is 0.226 e. The lowest BCUT2D eigenvalue weighted by Gasteiger charge is -2.09. The van der Waals surface area contributed by atoms with Gasteiger partial charge in [0, 0.05) is 22.2 Å². The minimum Gasteiger partial charge on any atom is -0.444 e. The lowest BCUT2D eigenvalue weighted by atomic mass is 10.1. The molecule has 0 saturated heterocycles. The highest BCUT2D eigenvalue weighted by atomic mass is 35.5. The van der Waals surface area contributed by atoms with Gasteiger partial charge in [-0.1, -0.05) is 29.8 Å². The molecule has 0 unspecified atom stereocenters. The third kappa shape index (κ3) is 2.87. The Morgan fingerprint density at radius 1 is 1.19 bits per heavy atom. The number of hydrogen-bond acceptors (Lipinski definition) is 4. The molecule has 0 atom stereocenters. The summed E-state index contributed by atoms with van der Waals surface area (Å²) < 4.78 is 7.39. The average molecular weight is 362 g/mol. The van der Waals surface area contributed by atoms with Crippen molar-refractivity contribution in [1.29, 1.82) is 5.26 Å². The fourth-order valence-electron chi connectivity index (χ4n) is 2.86. The molecule has 5 nitrogen and oxygen atoms in total. The van der Waals surface area contributed by atoms with E-state index in [2.05, 4.69) is 4.98 Å². The van der Waals surface area contributed by atoms with E-state index >= 15 is 0 Å². The van der Waals surface area contributed by atoms with E-state index in [0.717, 1.165) is 11.1 Å². The first-order valence-electron chi connectivity index (χ1n) is 7.88. The molecule has 0 aliphatic carbocycles. The standard InChI is InChI=1S/C20H12ClN3O2/c21-15-5-3-4-13(8-15)20-23-16(12-26-20)11-24-10-14(9-22)19(25)17-6-1-2-7-18(17)24/h1-8,10,12H,11H2. The topological polar surface area (TPSA) is 71.8 Å². The summed E-state index contributed by atoms with van der Waals surface area (Å²) in [6.07, 6.45) is 3.12. The van der Waals surface area contributed by atoms with E-state index < -0.39 is 0 Å². The Balaban J connectivity index is 1.76. The molecule has 4 aromatic rings. The van der Waals surface area contributed by atoms with Crippen molar-refractivity contribution in [1.82, 2.24) is 9.55 Å². The van der Waals surface area contributed by atoms with Crippen LogP contribution < -0.4 is 5.43 Å². The number of pyridine rings is 1. The monoisotopic (exact) mass is 361 g/mol. The SMILES string of the molecule is N#Cc1cn(Cc2coc(-c3cccc(Cl)c3)n2)c2ccccc2c1=O. The van der Waals surface area contributed by atoms with Crippen LogP contribution in [0, 0.1) is 11.3 Å². The fraction of sp³-hybridized carbons (Fsp3) is 0.0500. The van der Waals surface area contributed by atoms with Gasteiger partial charge < -0.3 is 8.98 Å². The average Bonchev–Trinajstić information content (AvgIpc) is 3.13. The van der Waals surface area contributed by atoms with Crippen LogP contribution in [-0.2, 0) is 6.54 Å². The highest BCUT2D eigenvalue weighted by molar-refractivity contribution is 6.30. The number of nitrogens with zero attached hydrogens (tertiary/aromatic N) is 3. The van der Waals surface area contributed by atoms with E-state index in [1.54, 1.807) is 36.7 Å². The van der Waals surface area contributed by atoms with Gasteiger partial charge in [0.1, 0.15) is 17.9 Å². The molecule has 0 spiro atoms. The van der Waals surface area contributed by atoms with E-state index in [-0.39, 0.29) is 11.0 Å². The van der Waals surface area contributed by atoms with Gasteiger partial charge in [-0.15, -0.1) is 0 Å². The predicted octanol–water partition coefficient (Wildman–Crippen LogP) is 4.23. The summed E-state index contributed by atoms with van der Waals surface area (Å²) in [5.41, 5.74) is 2.04. The van der Waals surface area contributed by atoms with Crippen molar-refractivity contribution in [2.45, 2.75) is 6.54 Å². The Kier molecular flexibility index (Phi) is 4.04. The Morgan fingerprint density at radius 2 is 2.04 bits per heavy atom. The number of aromatic nitrogens is 2. The van der Waals surface area contributed by atoms with Gasteiger partial charge in [-0.2, -0.15) is 5.26 Å². The number of nitriles is 1. The van der Waals surface area contributed by atoms with Crippen LogP contribution in [0.4, 0.5) is 0 Å². The van der Waals surface area contributed by atoms with Gasteiger partial charge in [0.25, 0.3) is 0 Å². The summed E-state index contributed by atoms with van der Waals surface area (Å²) in [6, 6.07) is 16.4. The highest BCUT2D eigenvalue weighted by Crippen LogP contribution is 2.23. The van der Waals surface area contributed by atoms with Gasteiger partial charge in [0.15, 0.2) is 0 Å². The summed E-state index contributed by atoms with van der Waals surface area (Å²) in [5, 5.41) is 10.3. The highest BCUT2D eigenvalue weighted by Gasteiger charge is 2.12.